The van der Waals surface area contributed by atoms with Crippen molar-refractivity contribution < 1.29 is 18.3 Å². The second kappa shape index (κ2) is 6.58. The predicted molar refractivity (Wildman–Crippen MR) is 66.0 cm³/mol. The van der Waals surface area contributed by atoms with Crippen LogP contribution < -0.4 is 5.32 Å². The molecule has 1 aromatic rings. The first-order chi connectivity index (χ1) is 9.16. The van der Waals surface area contributed by atoms with Gasteiger partial charge in [-0.3, -0.25) is 4.90 Å². The summed E-state index contributed by atoms with van der Waals surface area (Å²) in [6.45, 7) is 4.47. The van der Waals surface area contributed by atoms with Crippen LogP contribution >= 0.6 is 0 Å². The number of hydrogen-bond donors (Lipinski definition) is 1. The number of rotatable bonds is 4. The highest BCUT2D eigenvalue weighted by molar-refractivity contribution is 5.89. The van der Waals surface area contributed by atoms with Crippen molar-refractivity contribution in [2.24, 2.45) is 0 Å². The number of carbonyl (C=O) groups excluding carboxylic acids is 1. The van der Waals surface area contributed by atoms with Crippen molar-refractivity contribution in [3.05, 3.63) is 35.4 Å². The van der Waals surface area contributed by atoms with Gasteiger partial charge in [0.1, 0.15) is 18.2 Å². The fraction of sp³-hybridized carbons (Fsp3) is 0.462. The summed E-state index contributed by atoms with van der Waals surface area (Å²) in [5.74, 6) is -2.37. The topological polar surface area (TPSA) is 41.6 Å². The summed E-state index contributed by atoms with van der Waals surface area (Å²) >= 11 is 0. The van der Waals surface area contributed by atoms with Crippen molar-refractivity contribution in [2.75, 3.05) is 39.3 Å². The first kappa shape index (κ1) is 13.9. The van der Waals surface area contributed by atoms with Gasteiger partial charge < -0.3 is 10.1 Å². The molecule has 1 saturated heterocycles. The molecular formula is C13H16F2N2O2. The Morgan fingerprint density at radius 2 is 2.05 bits per heavy atom. The van der Waals surface area contributed by atoms with Gasteiger partial charge in [0.25, 0.3) is 0 Å². The van der Waals surface area contributed by atoms with Gasteiger partial charge in [0.05, 0.1) is 5.56 Å². The number of carbonyl (C=O) groups is 1. The molecule has 0 saturated carbocycles. The van der Waals surface area contributed by atoms with Crippen LogP contribution in [0, 0.1) is 11.6 Å². The van der Waals surface area contributed by atoms with Crippen LogP contribution in [0.15, 0.2) is 18.2 Å². The highest BCUT2D eigenvalue weighted by Crippen LogP contribution is 2.10. The van der Waals surface area contributed by atoms with E-state index in [0.29, 0.717) is 12.6 Å². The standard InChI is InChI=1S/C13H16F2N2O2/c14-10-1-2-11(12(15)9-10)13(18)19-8-7-17-5-3-16-4-6-17/h1-2,9,16H,3-8H2. The normalized spacial score (nSPS) is 16.3. The summed E-state index contributed by atoms with van der Waals surface area (Å²) in [6, 6.07) is 2.81. The molecule has 0 unspecified atom stereocenters. The molecule has 0 aliphatic carbocycles. The Bertz CT molecular complexity index is 448. The van der Waals surface area contributed by atoms with Gasteiger partial charge in [-0.15, -0.1) is 0 Å². The van der Waals surface area contributed by atoms with Gasteiger partial charge in [-0.25, -0.2) is 13.6 Å². The SMILES string of the molecule is O=C(OCCN1CCNCC1)c1ccc(F)cc1F. The number of benzene rings is 1. The Kier molecular flexibility index (Phi) is 4.81. The summed E-state index contributed by atoms with van der Waals surface area (Å²) in [4.78, 5) is 13.8. The van der Waals surface area contributed by atoms with Crippen LogP contribution in [0.2, 0.25) is 0 Å². The fourth-order valence-electron chi connectivity index (χ4n) is 1.93. The number of ether oxygens (including phenoxy) is 1. The van der Waals surface area contributed by atoms with Crippen molar-refractivity contribution in [3.63, 3.8) is 0 Å². The Balaban J connectivity index is 1.80. The minimum absolute atomic E-state index is 0.204. The Labute approximate surface area is 110 Å². The minimum Gasteiger partial charge on any atom is -0.461 e. The molecule has 0 aromatic heterocycles. The van der Waals surface area contributed by atoms with Crippen LogP contribution in [0.1, 0.15) is 10.4 Å². The van der Waals surface area contributed by atoms with Crippen LogP contribution in [0.5, 0.6) is 0 Å². The number of halogens is 2. The molecule has 0 spiro atoms. The van der Waals surface area contributed by atoms with Gasteiger partial charge in [-0.2, -0.15) is 0 Å². The smallest absolute Gasteiger partial charge is 0.341 e. The monoisotopic (exact) mass is 270 g/mol. The number of hydrogen-bond acceptors (Lipinski definition) is 4. The third-order valence-corrected chi connectivity index (χ3v) is 3.00. The van der Waals surface area contributed by atoms with Gasteiger partial charge >= 0.3 is 5.97 Å². The number of nitrogens with one attached hydrogen (secondary N) is 1. The molecule has 19 heavy (non-hydrogen) atoms. The van der Waals surface area contributed by atoms with Crippen molar-refractivity contribution in [1.29, 1.82) is 0 Å². The third kappa shape index (κ3) is 3.97. The van der Waals surface area contributed by atoms with Crippen molar-refractivity contribution >= 4 is 5.97 Å². The van der Waals surface area contributed by atoms with Gasteiger partial charge in [0.15, 0.2) is 0 Å². The lowest BCUT2D eigenvalue weighted by molar-refractivity contribution is 0.0451. The van der Waals surface area contributed by atoms with Crippen LogP contribution in [0.4, 0.5) is 8.78 Å². The molecule has 104 valence electrons. The lowest BCUT2D eigenvalue weighted by Gasteiger charge is -2.26. The molecule has 6 heteroatoms. The van der Waals surface area contributed by atoms with Gasteiger partial charge in [0, 0.05) is 38.8 Å². The molecule has 1 N–H and O–H groups in total. The van der Waals surface area contributed by atoms with Crippen LogP contribution in [-0.4, -0.2) is 50.2 Å². The zero-order valence-corrected chi connectivity index (χ0v) is 10.5. The van der Waals surface area contributed by atoms with Crippen molar-refractivity contribution in [3.8, 4) is 0 Å². The number of nitrogens with zero attached hydrogens (tertiary/aromatic N) is 1. The summed E-state index contributed by atoms with van der Waals surface area (Å²) in [5.41, 5.74) is -0.235. The van der Waals surface area contributed by atoms with Gasteiger partial charge in [-0.1, -0.05) is 0 Å². The van der Waals surface area contributed by atoms with Crippen LogP contribution in [0.3, 0.4) is 0 Å². The summed E-state index contributed by atoms with van der Waals surface area (Å²) in [7, 11) is 0. The molecule has 1 aliphatic rings. The number of esters is 1. The highest BCUT2D eigenvalue weighted by atomic mass is 19.1. The molecule has 1 heterocycles. The first-order valence-corrected chi connectivity index (χ1v) is 6.22. The number of piperazine rings is 1. The zero-order chi connectivity index (χ0) is 13.7. The van der Waals surface area contributed by atoms with E-state index in [2.05, 4.69) is 10.2 Å². The molecular weight excluding hydrogens is 254 g/mol. The summed E-state index contributed by atoms with van der Waals surface area (Å²) < 4.78 is 31.0. The van der Waals surface area contributed by atoms with Gasteiger partial charge in [0.2, 0.25) is 0 Å². The maximum Gasteiger partial charge on any atom is 0.341 e. The Morgan fingerprint density at radius 1 is 1.32 bits per heavy atom. The molecule has 2 rings (SSSR count). The van der Waals surface area contributed by atoms with E-state index in [1.165, 1.54) is 0 Å². The lowest BCUT2D eigenvalue weighted by Crippen LogP contribution is -2.44. The second-order valence-electron chi connectivity index (χ2n) is 4.35. The molecule has 0 radical (unpaired) electrons. The average Bonchev–Trinajstić information content (AvgIpc) is 2.39. The maximum atomic E-state index is 13.3. The molecule has 1 fully saturated rings. The van der Waals surface area contributed by atoms with E-state index in [1.54, 1.807) is 0 Å². The van der Waals surface area contributed by atoms with E-state index in [-0.39, 0.29) is 12.2 Å². The average molecular weight is 270 g/mol. The molecule has 0 atom stereocenters. The van der Waals surface area contributed by atoms with E-state index in [0.717, 1.165) is 38.3 Å². The van der Waals surface area contributed by atoms with E-state index in [1.807, 2.05) is 0 Å². The Hall–Kier alpha value is -1.53. The van der Waals surface area contributed by atoms with E-state index < -0.39 is 17.6 Å². The van der Waals surface area contributed by atoms with Crippen LogP contribution in [-0.2, 0) is 4.74 Å². The summed E-state index contributed by atoms with van der Waals surface area (Å²) in [6.07, 6.45) is 0. The highest BCUT2D eigenvalue weighted by Gasteiger charge is 2.15. The molecule has 1 aromatic carbocycles. The zero-order valence-electron chi connectivity index (χ0n) is 10.5. The van der Waals surface area contributed by atoms with Gasteiger partial charge in [-0.05, 0) is 12.1 Å². The second-order valence-corrected chi connectivity index (χ2v) is 4.35. The van der Waals surface area contributed by atoms with E-state index >= 15 is 0 Å². The van der Waals surface area contributed by atoms with E-state index in [4.69, 9.17) is 4.74 Å². The van der Waals surface area contributed by atoms with Crippen molar-refractivity contribution in [1.82, 2.24) is 10.2 Å². The third-order valence-electron chi connectivity index (χ3n) is 3.00. The summed E-state index contributed by atoms with van der Waals surface area (Å²) in [5, 5.41) is 3.22. The maximum absolute atomic E-state index is 13.3. The minimum atomic E-state index is -0.896. The molecule has 0 bridgehead atoms. The lowest BCUT2D eigenvalue weighted by atomic mass is 10.2. The van der Waals surface area contributed by atoms with Crippen LogP contribution in [0.25, 0.3) is 0 Å². The van der Waals surface area contributed by atoms with Crippen molar-refractivity contribution in [2.45, 2.75) is 0 Å². The Morgan fingerprint density at radius 3 is 2.74 bits per heavy atom. The fourth-order valence-corrected chi connectivity index (χ4v) is 1.93. The molecule has 0 amide bonds. The first-order valence-electron chi connectivity index (χ1n) is 6.22. The van der Waals surface area contributed by atoms with E-state index in [9.17, 15) is 13.6 Å². The quantitative estimate of drug-likeness (QED) is 0.830. The predicted octanol–water partition coefficient (Wildman–Crippen LogP) is 1.03. The largest absolute Gasteiger partial charge is 0.461 e. The molecule has 1 aliphatic heterocycles. The molecule has 4 nitrogen and oxygen atoms in total.